The van der Waals surface area contributed by atoms with Crippen LogP contribution in [0, 0.1) is 0 Å². The molecule has 12 heavy (non-hydrogen) atoms. The molecule has 0 aromatic rings. The second-order valence-corrected chi connectivity index (χ2v) is 3.61. The summed E-state index contributed by atoms with van der Waals surface area (Å²) in [6.45, 7) is 4.49. The van der Waals surface area contributed by atoms with Crippen molar-refractivity contribution >= 4 is 10.3 Å². The molecule has 0 aliphatic carbocycles. The van der Waals surface area contributed by atoms with Gasteiger partial charge in [-0.25, -0.2) is 5.14 Å². The zero-order valence-electron chi connectivity index (χ0n) is 7.78. The third-order valence-corrected chi connectivity index (χ3v) is 1.21. The van der Waals surface area contributed by atoms with Gasteiger partial charge in [0.15, 0.2) is 0 Å². The van der Waals surface area contributed by atoms with Gasteiger partial charge in [0.25, 0.3) is 0 Å². The Balaban J connectivity index is 0. The molecule has 5 heteroatoms. The zero-order valence-corrected chi connectivity index (χ0v) is 8.60. The van der Waals surface area contributed by atoms with Crippen LogP contribution in [0.2, 0.25) is 0 Å². The topological polar surface area (TPSA) is 80.4 Å². The number of hydrogen-bond acceptors (Lipinski definition) is 2. The van der Waals surface area contributed by atoms with Crippen molar-refractivity contribution < 1.29 is 13.0 Å². The summed E-state index contributed by atoms with van der Waals surface area (Å²) in [5.74, 6) is 0. The normalized spacial score (nSPS) is 10.3. The predicted octanol–water partition coefficient (Wildman–Crippen LogP) is 1.72. The molecule has 0 rings (SSSR count). The van der Waals surface area contributed by atoms with Crippen LogP contribution in [0.15, 0.2) is 0 Å². The van der Waals surface area contributed by atoms with Gasteiger partial charge in [0, 0.05) is 0 Å². The van der Waals surface area contributed by atoms with Crippen LogP contribution in [-0.2, 0) is 10.3 Å². The van der Waals surface area contributed by atoms with Crippen molar-refractivity contribution in [2.45, 2.75) is 46.0 Å². The number of hydrogen-bond donors (Lipinski definition) is 2. The van der Waals surface area contributed by atoms with Gasteiger partial charge in [0.2, 0.25) is 0 Å². The first kappa shape index (κ1) is 14.4. The highest BCUT2D eigenvalue weighted by molar-refractivity contribution is 7.83. The molecule has 4 nitrogen and oxygen atoms in total. The van der Waals surface area contributed by atoms with Crippen molar-refractivity contribution in [2.75, 3.05) is 0 Å². The van der Waals surface area contributed by atoms with E-state index in [1.165, 1.54) is 32.1 Å². The summed E-state index contributed by atoms with van der Waals surface area (Å²) in [6.07, 6.45) is 7.01. The van der Waals surface area contributed by atoms with Gasteiger partial charge >= 0.3 is 10.3 Å². The van der Waals surface area contributed by atoms with E-state index in [4.69, 9.17) is 13.0 Å². The third-order valence-electron chi connectivity index (χ3n) is 1.21. The molecular formula is C7H19NO3S. The van der Waals surface area contributed by atoms with E-state index in [9.17, 15) is 0 Å². The monoisotopic (exact) mass is 197 g/mol. The predicted molar refractivity (Wildman–Crippen MR) is 50.2 cm³/mol. The molecule has 0 heterocycles. The summed E-state index contributed by atoms with van der Waals surface area (Å²) in [5.41, 5.74) is 0. The average molecular weight is 197 g/mol. The third kappa shape index (κ3) is 51.8. The summed E-state index contributed by atoms with van der Waals surface area (Å²) in [6, 6.07) is 0. The van der Waals surface area contributed by atoms with Crippen LogP contribution in [0.1, 0.15) is 46.0 Å². The fourth-order valence-corrected chi connectivity index (χ4v) is 0.677. The molecule has 3 N–H and O–H groups in total. The highest BCUT2D eigenvalue weighted by Gasteiger charge is 1.81. The Morgan fingerprint density at radius 2 is 1.33 bits per heavy atom. The van der Waals surface area contributed by atoms with Gasteiger partial charge in [-0.15, -0.1) is 0 Å². The van der Waals surface area contributed by atoms with Gasteiger partial charge in [0.05, 0.1) is 0 Å². The molecule has 0 fully saturated rings. The van der Waals surface area contributed by atoms with Crippen molar-refractivity contribution in [3.63, 3.8) is 0 Å². The van der Waals surface area contributed by atoms with E-state index >= 15 is 0 Å². The van der Waals surface area contributed by atoms with Gasteiger partial charge in [-0.2, -0.15) is 8.42 Å². The van der Waals surface area contributed by atoms with Crippen molar-refractivity contribution in [2.24, 2.45) is 5.14 Å². The van der Waals surface area contributed by atoms with Crippen LogP contribution in [0.25, 0.3) is 0 Å². The summed E-state index contributed by atoms with van der Waals surface area (Å²) >= 11 is 0. The van der Waals surface area contributed by atoms with Gasteiger partial charge in [-0.1, -0.05) is 46.0 Å². The molecule has 0 aliphatic rings. The Kier molecular flexibility index (Phi) is 10.8. The van der Waals surface area contributed by atoms with Crippen molar-refractivity contribution in [1.29, 1.82) is 0 Å². The smallest absolute Gasteiger partial charge is 0.274 e. The molecule has 0 unspecified atom stereocenters. The van der Waals surface area contributed by atoms with Crippen molar-refractivity contribution in [3.05, 3.63) is 0 Å². The summed E-state index contributed by atoms with van der Waals surface area (Å²) in [5, 5.41) is 3.88. The number of nitrogens with two attached hydrogens (primary N) is 1. The molecule has 76 valence electrons. The number of unbranched alkanes of at least 4 members (excludes halogenated alkanes) is 4. The maximum absolute atomic E-state index is 8.97. The molecule has 0 saturated heterocycles. The minimum Gasteiger partial charge on any atom is -0.274 e. The molecule has 0 spiro atoms. The highest BCUT2D eigenvalue weighted by Crippen LogP contribution is 2.00. The molecule has 0 aliphatic heterocycles. The molecule has 0 aromatic heterocycles. The van der Waals surface area contributed by atoms with Crippen molar-refractivity contribution in [3.8, 4) is 0 Å². The van der Waals surface area contributed by atoms with Crippen molar-refractivity contribution in [1.82, 2.24) is 0 Å². The van der Waals surface area contributed by atoms with E-state index in [2.05, 4.69) is 19.0 Å². The SMILES string of the molecule is CCCCCCC.NS(=O)(=O)O. The molecule has 0 saturated carbocycles. The summed E-state index contributed by atoms with van der Waals surface area (Å²) in [4.78, 5) is 0. The zero-order chi connectivity index (χ0) is 10.0. The molecule has 0 amide bonds. The van der Waals surface area contributed by atoms with Crippen LogP contribution in [-0.4, -0.2) is 13.0 Å². The first-order valence-corrected chi connectivity index (χ1v) is 5.67. The Morgan fingerprint density at radius 3 is 1.50 bits per heavy atom. The lowest BCUT2D eigenvalue weighted by Gasteiger charge is -1.90. The van der Waals surface area contributed by atoms with Gasteiger partial charge in [-0.3, -0.25) is 4.55 Å². The number of rotatable bonds is 4. The average Bonchev–Trinajstić information content (AvgIpc) is 1.85. The first-order chi connectivity index (χ1) is 5.41. The van der Waals surface area contributed by atoms with Crippen LogP contribution < -0.4 is 5.14 Å². The van der Waals surface area contributed by atoms with E-state index in [1.54, 1.807) is 0 Å². The van der Waals surface area contributed by atoms with E-state index < -0.39 is 10.3 Å². The Labute approximate surface area is 75.0 Å². The fourth-order valence-electron chi connectivity index (χ4n) is 0.677. The maximum atomic E-state index is 8.97. The second kappa shape index (κ2) is 8.96. The van der Waals surface area contributed by atoms with E-state index in [0.29, 0.717) is 0 Å². The standard InChI is InChI=1S/C7H16.H3NO3S/c1-3-5-7-6-4-2;1-5(2,3)4/h3-7H2,1-2H3;(H3,1,2,3,4). The fraction of sp³-hybridized carbons (Fsp3) is 1.00. The van der Waals surface area contributed by atoms with E-state index in [1.807, 2.05) is 0 Å². The van der Waals surface area contributed by atoms with Gasteiger partial charge in [0.1, 0.15) is 0 Å². The van der Waals surface area contributed by atoms with Crippen LogP contribution in [0.5, 0.6) is 0 Å². The summed E-state index contributed by atoms with van der Waals surface area (Å²) < 4.78 is 25.2. The van der Waals surface area contributed by atoms with Crippen LogP contribution in [0.4, 0.5) is 0 Å². The Morgan fingerprint density at radius 1 is 1.08 bits per heavy atom. The Bertz CT molecular complexity index is 153. The highest BCUT2D eigenvalue weighted by atomic mass is 32.2. The molecular weight excluding hydrogens is 178 g/mol. The molecule has 0 bridgehead atoms. The minimum atomic E-state index is -4.17. The quantitative estimate of drug-likeness (QED) is 0.532. The molecule has 0 aromatic carbocycles. The Hall–Kier alpha value is -0.130. The van der Waals surface area contributed by atoms with Crippen LogP contribution in [0.3, 0.4) is 0 Å². The largest absolute Gasteiger partial charge is 0.330 e. The molecule has 0 atom stereocenters. The van der Waals surface area contributed by atoms with Gasteiger partial charge < -0.3 is 0 Å². The lowest BCUT2D eigenvalue weighted by atomic mass is 10.2. The lowest BCUT2D eigenvalue weighted by Crippen LogP contribution is -2.08. The molecule has 0 radical (unpaired) electrons. The van der Waals surface area contributed by atoms with E-state index in [-0.39, 0.29) is 0 Å². The van der Waals surface area contributed by atoms with Crippen LogP contribution >= 0.6 is 0 Å². The maximum Gasteiger partial charge on any atom is 0.330 e. The lowest BCUT2D eigenvalue weighted by molar-refractivity contribution is 0.485. The minimum absolute atomic E-state index is 1.36. The van der Waals surface area contributed by atoms with Gasteiger partial charge in [-0.05, 0) is 0 Å². The second-order valence-electron chi connectivity index (χ2n) is 2.58. The first-order valence-electron chi connectivity index (χ1n) is 4.17. The van der Waals surface area contributed by atoms with E-state index in [0.717, 1.165) is 0 Å². The summed E-state index contributed by atoms with van der Waals surface area (Å²) in [7, 11) is -4.17.